The Kier molecular flexibility index (Phi) is 4.87. The second kappa shape index (κ2) is 8.76. The van der Waals surface area contributed by atoms with Gasteiger partial charge in [0.2, 0.25) is 0 Å². The van der Waals surface area contributed by atoms with Crippen LogP contribution in [0.5, 0.6) is 0 Å². The Morgan fingerprint density at radius 3 is 1.95 bits per heavy atom. The first-order valence-corrected chi connectivity index (χ1v) is 14.8. The number of anilines is 3. The second-order valence-electron chi connectivity index (χ2n) is 10.6. The number of hydrogen-bond acceptors (Lipinski definition) is 2. The van der Waals surface area contributed by atoms with Crippen LogP contribution in [0.4, 0.5) is 17.1 Å². The molecule has 0 fully saturated rings. The van der Waals surface area contributed by atoms with Crippen molar-refractivity contribution in [1.82, 2.24) is 4.57 Å². The SMILES string of the molecule is c1ccc(-n2c3ccccc3c3cc(N4c5ccc6ccccc6c5Sc5ccc6ccccc6c54)ccc32)cc1. The highest BCUT2D eigenvalue weighted by molar-refractivity contribution is 8.00. The van der Waals surface area contributed by atoms with Crippen LogP contribution in [0.15, 0.2) is 155 Å². The molecule has 0 unspecified atom stereocenters. The molecule has 0 saturated heterocycles. The van der Waals surface area contributed by atoms with Crippen molar-refractivity contribution in [3.05, 3.63) is 146 Å². The Balaban J connectivity index is 1.37. The van der Waals surface area contributed by atoms with E-state index in [4.69, 9.17) is 0 Å². The lowest BCUT2D eigenvalue weighted by molar-refractivity contribution is 1.17. The molecule has 1 aliphatic heterocycles. The van der Waals surface area contributed by atoms with Crippen LogP contribution in [-0.2, 0) is 0 Å². The number of hydrogen-bond donors (Lipinski definition) is 0. The fourth-order valence-electron chi connectivity index (χ4n) is 6.52. The number of aromatic nitrogens is 1. The van der Waals surface area contributed by atoms with E-state index in [1.807, 2.05) is 11.8 Å². The van der Waals surface area contributed by atoms with Crippen molar-refractivity contribution in [2.45, 2.75) is 9.79 Å². The summed E-state index contributed by atoms with van der Waals surface area (Å²) in [7, 11) is 0. The van der Waals surface area contributed by atoms with Crippen LogP contribution in [0.2, 0.25) is 0 Å². The van der Waals surface area contributed by atoms with E-state index in [-0.39, 0.29) is 0 Å². The van der Waals surface area contributed by atoms with Gasteiger partial charge >= 0.3 is 0 Å². The van der Waals surface area contributed by atoms with Crippen LogP contribution in [0.3, 0.4) is 0 Å². The van der Waals surface area contributed by atoms with Crippen LogP contribution in [0.25, 0.3) is 49.0 Å². The zero-order valence-corrected chi connectivity index (χ0v) is 23.0. The van der Waals surface area contributed by atoms with E-state index in [0.29, 0.717) is 0 Å². The fraction of sp³-hybridized carbons (Fsp3) is 0. The summed E-state index contributed by atoms with van der Waals surface area (Å²) in [4.78, 5) is 5.07. The van der Waals surface area contributed by atoms with Crippen molar-refractivity contribution in [1.29, 1.82) is 0 Å². The molecule has 0 amide bonds. The first-order valence-electron chi connectivity index (χ1n) is 14.0. The third kappa shape index (κ3) is 3.33. The van der Waals surface area contributed by atoms with E-state index in [2.05, 4.69) is 155 Å². The third-order valence-corrected chi connectivity index (χ3v) is 9.51. The average Bonchev–Trinajstić information content (AvgIpc) is 3.37. The van der Waals surface area contributed by atoms with Crippen molar-refractivity contribution in [2.24, 2.45) is 0 Å². The Hall–Kier alpha value is -4.99. The normalized spacial score (nSPS) is 12.7. The van der Waals surface area contributed by atoms with E-state index in [9.17, 15) is 0 Å². The van der Waals surface area contributed by atoms with Gasteiger partial charge in [-0.05, 0) is 64.7 Å². The van der Waals surface area contributed by atoms with Gasteiger partial charge in [0.25, 0.3) is 0 Å². The van der Waals surface area contributed by atoms with Crippen LogP contribution in [0, 0.1) is 0 Å². The summed E-state index contributed by atoms with van der Waals surface area (Å²) < 4.78 is 2.38. The molecule has 2 heterocycles. The maximum absolute atomic E-state index is 2.49. The molecule has 0 N–H and O–H groups in total. The molecular weight excluding hydrogens is 516 g/mol. The minimum absolute atomic E-state index is 1.17. The number of fused-ring (bicyclic) bond motifs is 9. The monoisotopic (exact) mass is 540 g/mol. The van der Waals surface area contributed by atoms with Gasteiger partial charge in [0, 0.05) is 37.3 Å². The van der Waals surface area contributed by atoms with E-state index in [0.717, 1.165) is 0 Å². The van der Waals surface area contributed by atoms with Gasteiger partial charge in [0.1, 0.15) is 0 Å². The highest BCUT2D eigenvalue weighted by atomic mass is 32.2. The quantitative estimate of drug-likeness (QED) is 0.215. The fourth-order valence-corrected chi connectivity index (χ4v) is 7.73. The van der Waals surface area contributed by atoms with Crippen LogP contribution < -0.4 is 4.90 Å². The molecule has 1 aliphatic rings. The molecular formula is C38H24N2S. The van der Waals surface area contributed by atoms with Crippen molar-refractivity contribution in [3.8, 4) is 5.69 Å². The molecule has 0 atom stereocenters. The van der Waals surface area contributed by atoms with E-state index < -0.39 is 0 Å². The predicted molar refractivity (Wildman–Crippen MR) is 175 cm³/mol. The van der Waals surface area contributed by atoms with Gasteiger partial charge in [-0.25, -0.2) is 0 Å². The standard InChI is InChI=1S/C38H24N2S/c1-2-12-27(13-3-1)39-33-17-9-8-16-31(33)32-24-28(20-22-34(32)39)40-35-21-18-26-11-5-7-15-30(26)38(35)41-36-23-19-25-10-4-6-14-29(25)37(36)40/h1-24H. The molecule has 2 nitrogen and oxygen atoms in total. The molecule has 41 heavy (non-hydrogen) atoms. The van der Waals surface area contributed by atoms with Crippen molar-refractivity contribution >= 4 is 72.2 Å². The highest BCUT2D eigenvalue weighted by Crippen LogP contribution is 2.56. The number of rotatable bonds is 2. The molecule has 0 radical (unpaired) electrons. The molecule has 0 saturated carbocycles. The summed E-state index contributed by atoms with van der Waals surface area (Å²) >= 11 is 1.89. The summed E-state index contributed by atoms with van der Waals surface area (Å²) in [5, 5.41) is 7.59. The number of nitrogens with zero attached hydrogens (tertiary/aromatic N) is 2. The lowest BCUT2D eigenvalue weighted by Crippen LogP contribution is -2.15. The summed E-state index contributed by atoms with van der Waals surface area (Å²) in [5.41, 5.74) is 7.25. The molecule has 9 rings (SSSR count). The Bertz CT molecular complexity index is 2300. The minimum atomic E-state index is 1.17. The van der Waals surface area contributed by atoms with Gasteiger partial charge in [-0.2, -0.15) is 0 Å². The summed E-state index contributed by atoms with van der Waals surface area (Å²) in [5.74, 6) is 0. The Morgan fingerprint density at radius 2 is 1.10 bits per heavy atom. The van der Waals surface area contributed by atoms with E-state index >= 15 is 0 Å². The maximum Gasteiger partial charge on any atom is 0.0679 e. The van der Waals surface area contributed by atoms with Crippen LogP contribution >= 0.6 is 11.8 Å². The van der Waals surface area contributed by atoms with E-state index in [1.54, 1.807) is 0 Å². The zero-order chi connectivity index (χ0) is 26.9. The Morgan fingerprint density at radius 1 is 0.439 bits per heavy atom. The molecule has 0 bridgehead atoms. The molecule has 1 aromatic heterocycles. The van der Waals surface area contributed by atoms with Crippen molar-refractivity contribution < 1.29 is 0 Å². The second-order valence-corrected chi connectivity index (χ2v) is 11.6. The average molecular weight is 541 g/mol. The first-order chi connectivity index (χ1) is 20.3. The molecule has 7 aromatic carbocycles. The third-order valence-electron chi connectivity index (χ3n) is 8.33. The molecule has 0 aliphatic carbocycles. The lowest BCUT2D eigenvalue weighted by atomic mass is 10.0. The van der Waals surface area contributed by atoms with Gasteiger partial charge in [0.15, 0.2) is 0 Å². The van der Waals surface area contributed by atoms with Gasteiger partial charge in [-0.3, -0.25) is 0 Å². The highest BCUT2D eigenvalue weighted by Gasteiger charge is 2.28. The van der Waals surface area contributed by atoms with Crippen molar-refractivity contribution in [3.63, 3.8) is 0 Å². The predicted octanol–water partition coefficient (Wildman–Crippen LogP) is 11.0. The molecule has 3 heteroatoms. The van der Waals surface area contributed by atoms with Gasteiger partial charge in [-0.15, -0.1) is 0 Å². The van der Waals surface area contributed by atoms with Crippen LogP contribution in [-0.4, -0.2) is 4.57 Å². The zero-order valence-electron chi connectivity index (χ0n) is 22.2. The van der Waals surface area contributed by atoms with Crippen LogP contribution in [0.1, 0.15) is 0 Å². The van der Waals surface area contributed by atoms with Crippen molar-refractivity contribution in [2.75, 3.05) is 4.90 Å². The first kappa shape index (κ1) is 22.8. The lowest BCUT2D eigenvalue weighted by Gasteiger charge is -2.34. The maximum atomic E-state index is 2.49. The van der Waals surface area contributed by atoms with E-state index in [1.165, 1.54) is 75.9 Å². The summed E-state index contributed by atoms with van der Waals surface area (Å²) in [6, 6.07) is 53.0. The smallest absolute Gasteiger partial charge is 0.0679 e. The summed E-state index contributed by atoms with van der Waals surface area (Å²) in [6.07, 6.45) is 0. The number of para-hydroxylation sites is 2. The molecule has 192 valence electrons. The largest absolute Gasteiger partial charge is 0.309 e. The Labute approximate surface area is 242 Å². The minimum Gasteiger partial charge on any atom is -0.309 e. The molecule has 0 spiro atoms. The molecule has 8 aromatic rings. The van der Waals surface area contributed by atoms with Gasteiger partial charge in [0.05, 0.1) is 22.4 Å². The number of benzene rings is 7. The topological polar surface area (TPSA) is 8.17 Å². The summed E-state index contributed by atoms with van der Waals surface area (Å²) in [6.45, 7) is 0. The van der Waals surface area contributed by atoms with Gasteiger partial charge in [-0.1, -0.05) is 109 Å². The van der Waals surface area contributed by atoms with Gasteiger partial charge < -0.3 is 9.47 Å².